The summed E-state index contributed by atoms with van der Waals surface area (Å²) in [7, 11) is 0. The molecule has 23 heavy (non-hydrogen) atoms. The zero-order valence-corrected chi connectivity index (χ0v) is 14.4. The molecule has 1 aromatic heterocycles. The lowest BCUT2D eigenvalue weighted by atomic mass is 9.83. The number of hydrogen-bond donors (Lipinski definition) is 0. The Balaban J connectivity index is 1.67. The fourth-order valence-corrected chi connectivity index (χ4v) is 4.24. The van der Waals surface area contributed by atoms with Crippen molar-refractivity contribution in [3.63, 3.8) is 0 Å². The van der Waals surface area contributed by atoms with Crippen LogP contribution in [0.15, 0.2) is 18.3 Å². The van der Waals surface area contributed by atoms with Crippen LogP contribution in [0.25, 0.3) is 0 Å². The van der Waals surface area contributed by atoms with Crippen LogP contribution in [-0.4, -0.2) is 53.5 Å². The summed E-state index contributed by atoms with van der Waals surface area (Å²) in [5, 5.41) is 0. The van der Waals surface area contributed by atoms with Crippen molar-refractivity contribution >= 4 is 23.5 Å². The molecular weight excluding hydrogens is 313 g/mol. The van der Waals surface area contributed by atoms with Crippen LogP contribution >= 0.6 is 11.8 Å². The molecule has 0 aromatic carbocycles. The predicted molar refractivity (Wildman–Crippen MR) is 92.2 cm³/mol. The van der Waals surface area contributed by atoms with Gasteiger partial charge in [0.25, 0.3) is 0 Å². The van der Waals surface area contributed by atoms with Crippen molar-refractivity contribution < 1.29 is 9.18 Å². The Morgan fingerprint density at radius 1 is 1.43 bits per heavy atom. The van der Waals surface area contributed by atoms with Crippen molar-refractivity contribution in [2.24, 2.45) is 5.92 Å². The second-order valence-corrected chi connectivity index (χ2v) is 7.33. The first-order valence-corrected chi connectivity index (χ1v) is 9.74. The van der Waals surface area contributed by atoms with Gasteiger partial charge in [0.1, 0.15) is 0 Å². The summed E-state index contributed by atoms with van der Waals surface area (Å²) in [4.78, 5) is 20.6. The number of carbonyl (C=O) groups is 1. The summed E-state index contributed by atoms with van der Waals surface area (Å²) < 4.78 is 14.0. The third kappa shape index (κ3) is 3.62. The van der Waals surface area contributed by atoms with Crippen LogP contribution in [0.1, 0.15) is 25.7 Å². The zero-order chi connectivity index (χ0) is 16.2. The van der Waals surface area contributed by atoms with E-state index in [0.29, 0.717) is 30.1 Å². The molecule has 0 N–H and O–H groups in total. The number of pyridine rings is 1. The van der Waals surface area contributed by atoms with Crippen molar-refractivity contribution in [2.75, 3.05) is 36.5 Å². The van der Waals surface area contributed by atoms with Crippen molar-refractivity contribution in [2.45, 2.75) is 31.7 Å². The minimum Gasteiger partial charge on any atom is -0.354 e. The van der Waals surface area contributed by atoms with Crippen LogP contribution in [0.4, 0.5) is 10.2 Å². The van der Waals surface area contributed by atoms with Crippen LogP contribution < -0.4 is 4.90 Å². The molecule has 0 spiro atoms. The highest BCUT2D eigenvalue weighted by atomic mass is 32.2. The lowest BCUT2D eigenvalue weighted by Crippen LogP contribution is -2.56. The summed E-state index contributed by atoms with van der Waals surface area (Å²) >= 11 is 1.82. The fourth-order valence-electron chi connectivity index (χ4n) is 3.82. The highest BCUT2D eigenvalue weighted by Crippen LogP contribution is 2.33. The Kier molecular flexibility index (Phi) is 5.41. The predicted octanol–water partition coefficient (Wildman–Crippen LogP) is 2.79. The van der Waals surface area contributed by atoms with Gasteiger partial charge in [0.15, 0.2) is 11.6 Å². The van der Waals surface area contributed by atoms with Gasteiger partial charge in [-0.05, 0) is 49.3 Å². The molecule has 0 radical (unpaired) electrons. The maximum absolute atomic E-state index is 14.0. The standard InChI is InChI=1S/C17H24FN3OS/c1-23-11-3-9-21-15-7-10-20(12-13(15)5-6-16(21)22)17-14(18)4-2-8-19-17/h2,4,8,13,15H,3,5-7,9-12H2,1H3/t13-,15+/m0/s1. The smallest absolute Gasteiger partial charge is 0.222 e. The SMILES string of the molecule is CSCCCN1C(=O)CC[C@H]2CN(c3ncccc3F)CC[C@H]21. The molecule has 0 saturated carbocycles. The van der Waals surface area contributed by atoms with Crippen LogP contribution in [0.5, 0.6) is 0 Å². The Morgan fingerprint density at radius 3 is 3.09 bits per heavy atom. The number of fused-ring (bicyclic) bond motifs is 1. The molecule has 6 heteroatoms. The van der Waals surface area contributed by atoms with E-state index in [2.05, 4.69) is 16.1 Å². The number of anilines is 1. The average molecular weight is 337 g/mol. The molecule has 4 nitrogen and oxygen atoms in total. The van der Waals surface area contributed by atoms with Crippen molar-refractivity contribution in [3.05, 3.63) is 24.1 Å². The summed E-state index contributed by atoms with van der Waals surface area (Å²) in [5.74, 6) is 2.01. The van der Waals surface area contributed by atoms with Gasteiger partial charge in [-0.15, -0.1) is 0 Å². The second kappa shape index (κ2) is 7.51. The third-order valence-corrected chi connectivity index (χ3v) is 5.63. The van der Waals surface area contributed by atoms with E-state index in [-0.39, 0.29) is 5.82 Å². The summed E-state index contributed by atoms with van der Waals surface area (Å²) in [6.45, 7) is 2.42. The number of halogens is 1. The Morgan fingerprint density at radius 2 is 2.30 bits per heavy atom. The van der Waals surface area contributed by atoms with Crippen molar-refractivity contribution in [1.29, 1.82) is 0 Å². The van der Waals surface area contributed by atoms with Crippen molar-refractivity contribution in [3.8, 4) is 0 Å². The minimum atomic E-state index is -0.255. The molecule has 2 atom stereocenters. The van der Waals surface area contributed by atoms with Gasteiger partial charge in [0, 0.05) is 38.3 Å². The first-order chi connectivity index (χ1) is 11.2. The number of thioether (sulfide) groups is 1. The molecule has 0 aliphatic carbocycles. The highest BCUT2D eigenvalue weighted by molar-refractivity contribution is 7.98. The lowest BCUT2D eigenvalue weighted by molar-refractivity contribution is -0.139. The molecule has 126 valence electrons. The number of piperidine rings is 2. The van der Waals surface area contributed by atoms with E-state index in [1.165, 1.54) is 6.07 Å². The normalized spacial score (nSPS) is 24.7. The molecule has 3 rings (SSSR count). The lowest BCUT2D eigenvalue weighted by Gasteiger charge is -2.47. The second-order valence-electron chi connectivity index (χ2n) is 6.34. The van der Waals surface area contributed by atoms with Gasteiger partial charge < -0.3 is 9.80 Å². The van der Waals surface area contributed by atoms with Gasteiger partial charge in [0.2, 0.25) is 5.91 Å². The van der Waals surface area contributed by atoms with Crippen molar-refractivity contribution in [1.82, 2.24) is 9.88 Å². The number of nitrogens with zero attached hydrogens (tertiary/aromatic N) is 3. The monoisotopic (exact) mass is 337 g/mol. The van der Waals surface area contributed by atoms with E-state index >= 15 is 0 Å². The number of amides is 1. The first-order valence-electron chi connectivity index (χ1n) is 8.34. The topological polar surface area (TPSA) is 36.4 Å². The molecule has 1 amide bonds. The third-order valence-electron chi connectivity index (χ3n) is 4.93. The van der Waals surface area contributed by atoms with E-state index in [0.717, 1.165) is 44.6 Å². The van der Waals surface area contributed by atoms with E-state index < -0.39 is 0 Å². The molecule has 0 bridgehead atoms. The minimum absolute atomic E-state index is 0.255. The average Bonchev–Trinajstić information content (AvgIpc) is 2.57. The van der Waals surface area contributed by atoms with Gasteiger partial charge in [0.05, 0.1) is 0 Å². The maximum Gasteiger partial charge on any atom is 0.222 e. The molecule has 2 fully saturated rings. The Labute approximate surface area is 141 Å². The van der Waals surface area contributed by atoms with Gasteiger partial charge in [-0.25, -0.2) is 9.37 Å². The van der Waals surface area contributed by atoms with Crippen LogP contribution in [0.2, 0.25) is 0 Å². The molecule has 3 heterocycles. The molecule has 2 saturated heterocycles. The number of carbonyl (C=O) groups excluding carboxylic acids is 1. The van der Waals surface area contributed by atoms with Crippen LogP contribution in [0, 0.1) is 11.7 Å². The number of rotatable bonds is 5. The fraction of sp³-hybridized carbons (Fsp3) is 0.647. The van der Waals surface area contributed by atoms with E-state index in [1.54, 1.807) is 12.3 Å². The number of likely N-dealkylation sites (tertiary alicyclic amines) is 1. The summed E-state index contributed by atoms with van der Waals surface area (Å²) in [6.07, 6.45) is 7.23. The van der Waals surface area contributed by atoms with Crippen LogP contribution in [-0.2, 0) is 4.79 Å². The van der Waals surface area contributed by atoms with Gasteiger partial charge in [-0.3, -0.25) is 4.79 Å². The summed E-state index contributed by atoms with van der Waals surface area (Å²) in [6, 6.07) is 3.41. The highest BCUT2D eigenvalue weighted by Gasteiger charge is 2.39. The quantitative estimate of drug-likeness (QED) is 0.774. The first kappa shape index (κ1) is 16.6. The Hall–Kier alpha value is -1.30. The van der Waals surface area contributed by atoms with E-state index in [1.807, 2.05) is 16.7 Å². The number of hydrogen-bond acceptors (Lipinski definition) is 4. The summed E-state index contributed by atoms with van der Waals surface area (Å²) in [5.41, 5.74) is 0. The van der Waals surface area contributed by atoms with E-state index in [9.17, 15) is 9.18 Å². The van der Waals surface area contributed by atoms with Crippen LogP contribution in [0.3, 0.4) is 0 Å². The van der Waals surface area contributed by atoms with Gasteiger partial charge in [-0.2, -0.15) is 11.8 Å². The van der Waals surface area contributed by atoms with E-state index in [4.69, 9.17) is 0 Å². The van der Waals surface area contributed by atoms with Gasteiger partial charge in [-0.1, -0.05) is 0 Å². The molecular formula is C17H24FN3OS. The molecule has 2 aliphatic rings. The molecule has 1 aromatic rings. The Bertz CT molecular complexity index is 556. The maximum atomic E-state index is 14.0. The number of aromatic nitrogens is 1. The van der Waals surface area contributed by atoms with Gasteiger partial charge >= 0.3 is 0 Å². The largest absolute Gasteiger partial charge is 0.354 e. The zero-order valence-electron chi connectivity index (χ0n) is 13.6. The molecule has 0 unspecified atom stereocenters. The molecule has 2 aliphatic heterocycles.